The molecule has 2 heterocycles. The summed E-state index contributed by atoms with van der Waals surface area (Å²) in [7, 11) is 1.64. The summed E-state index contributed by atoms with van der Waals surface area (Å²) in [5.74, 6) is 0.747. The quantitative estimate of drug-likeness (QED) is 0.696. The first-order valence-corrected chi connectivity index (χ1v) is 8.00. The second kappa shape index (κ2) is 5.35. The Bertz CT molecular complexity index is 922. The summed E-state index contributed by atoms with van der Waals surface area (Å²) in [5.41, 5.74) is 2.47. The van der Waals surface area contributed by atoms with E-state index in [0.717, 1.165) is 32.2 Å². The van der Waals surface area contributed by atoms with E-state index in [0.29, 0.717) is 12.2 Å². The number of anilines is 1. The lowest BCUT2D eigenvalue weighted by molar-refractivity contribution is 0.0987. The Balaban J connectivity index is 1.77. The molecule has 1 amide bonds. The van der Waals surface area contributed by atoms with Gasteiger partial charge in [0.2, 0.25) is 0 Å². The lowest BCUT2D eigenvalue weighted by atomic mass is 10.1. The van der Waals surface area contributed by atoms with Gasteiger partial charge in [-0.1, -0.05) is 28.1 Å². The average Bonchev–Trinajstić information content (AvgIpc) is 2.86. The van der Waals surface area contributed by atoms with Crippen molar-refractivity contribution >= 4 is 38.3 Å². The maximum Gasteiger partial charge on any atom is 0.277 e. The molecule has 1 aliphatic rings. The van der Waals surface area contributed by atoms with Crippen molar-refractivity contribution in [1.29, 1.82) is 0 Å². The Hall–Kier alpha value is -2.40. The van der Waals surface area contributed by atoms with E-state index in [-0.39, 0.29) is 5.91 Å². The number of carbonyl (C=O) groups excluding carboxylic acids is 1. The number of aromatic nitrogens is 1. The van der Waals surface area contributed by atoms with Crippen LogP contribution in [0.1, 0.15) is 16.1 Å². The number of methoxy groups -OCH3 is 1. The zero-order chi connectivity index (χ0) is 16.0. The molecule has 0 spiro atoms. The van der Waals surface area contributed by atoms with Gasteiger partial charge < -0.3 is 9.64 Å². The van der Waals surface area contributed by atoms with E-state index >= 15 is 0 Å². The Labute approximate surface area is 141 Å². The van der Waals surface area contributed by atoms with Gasteiger partial charge in [-0.15, -0.1) is 0 Å². The molecule has 2 aromatic carbocycles. The van der Waals surface area contributed by atoms with Crippen molar-refractivity contribution in [3.8, 4) is 5.75 Å². The Morgan fingerprint density at radius 1 is 1.13 bits per heavy atom. The summed E-state index contributed by atoms with van der Waals surface area (Å²) in [4.78, 5) is 18.8. The largest absolute Gasteiger partial charge is 0.497 e. The number of hydrogen-bond acceptors (Lipinski definition) is 3. The topological polar surface area (TPSA) is 42.4 Å². The highest BCUT2D eigenvalue weighted by Gasteiger charge is 2.31. The molecule has 3 aromatic rings. The number of halogens is 1. The second-order valence-electron chi connectivity index (χ2n) is 5.39. The van der Waals surface area contributed by atoms with E-state index in [1.165, 1.54) is 0 Å². The van der Waals surface area contributed by atoms with E-state index in [9.17, 15) is 4.79 Å². The van der Waals surface area contributed by atoms with Crippen molar-refractivity contribution in [3.05, 3.63) is 64.4 Å². The molecule has 1 aromatic heterocycles. The number of nitrogens with zero attached hydrogens (tertiary/aromatic N) is 2. The molecule has 1 aliphatic heterocycles. The molecule has 0 fully saturated rings. The monoisotopic (exact) mass is 368 g/mol. The number of rotatable bonds is 3. The minimum atomic E-state index is -0.0560. The fourth-order valence-electron chi connectivity index (χ4n) is 2.94. The van der Waals surface area contributed by atoms with Crippen LogP contribution in [0.5, 0.6) is 5.75 Å². The average molecular weight is 369 g/mol. The molecule has 0 aliphatic carbocycles. The summed E-state index contributed by atoms with van der Waals surface area (Å²) in [5, 5.41) is 1.93. The van der Waals surface area contributed by atoms with Gasteiger partial charge in [0, 0.05) is 21.4 Å². The predicted octanol–water partition coefficient (Wildman–Crippen LogP) is 4.17. The van der Waals surface area contributed by atoms with Crippen molar-refractivity contribution in [2.45, 2.75) is 6.54 Å². The van der Waals surface area contributed by atoms with Gasteiger partial charge in [0.25, 0.3) is 5.91 Å². The zero-order valence-electron chi connectivity index (χ0n) is 12.4. The first-order valence-electron chi connectivity index (χ1n) is 7.21. The van der Waals surface area contributed by atoms with Gasteiger partial charge >= 0.3 is 0 Å². The predicted molar refractivity (Wildman–Crippen MR) is 93.0 cm³/mol. The van der Waals surface area contributed by atoms with Crippen LogP contribution in [-0.2, 0) is 6.54 Å². The van der Waals surface area contributed by atoms with Crippen molar-refractivity contribution in [2.24, 2.45) is 0 Å². The van der Waals surface area contributed by atoms with Crippen LogP contribution < -0.4 is 9.64 Å². The second-order valence-corrected chi connectivity index (χ2v) is 6.24. The number of benzene rings is 2. The van der Waals surface area contributed by atoms with Crippen LogP contribution in [0.2, 0.25) is 0 Å². The van der Waals surface area contributed by atoms with Gasteiger partial charge in [0.1, 0.15) is 11.4 Å². The summed E-state index contributed by atoms with van der Waals surface area (Å²) in [6.45, 7) is 0.510. The number of carbonyl (C=O) groups is 1. The van der Waals surface area contributed by atoms with Gasteiger partial charge in [-0.3, -0.25) is 9.78 Å². The standard InChI is InChI=1S/C18H13BrN2O2/c1-23-12-4-2-11(3-5-12)10-21-15-7-6-14(19)13-8-9-20-17(16(13)15)18(21)22/h2-9H,10H2,1H3. The first kappa shape index (κ1) is 14.2. The third-order valence-corrected chi connectivity index (χ3v) is 4.78. The number of ether oxygens (including phenoxy) is 1. The van der Waals surface area contributed by atoms with Crippen LogP contribution in [-0.4, -0.2) is 18.0 Å². The molecule has 23 heavy (non-hydrogen) atoms. The summed E-state index contributed by atoms with van der Waals surface area (Å²) in [6, 6.07) is 13.6. The van der Waals surface area contributed by atoms with E-state index in [4.69, 9.17) is 4.74 Å². The fraction of sp³-hybridized carbons (Fsp3) is 0.111. The maximum absolute atomic E-state index is 12.7. The lowest BCUT2D eigenvalue weighted by Gasteiger charge is -2.17. The lowest BCUT2D eigenvalue weighted by Crippen LogP contribution is -2.26. The third kappa shape index (κ3) is 2.19. The van der Waals surface area contributed by atoms with Crippen LogP contribution in [0.25, 0.3) is 10.8 Å². The smallest absolute Gasteiger partial charge is 0.277 e. The van der Waals surface area contributed by atoms with Gasteiger partial charge in [0.05, 0.1) is 19.3 Å². The molecule has 4 nitrogen and oxygen atoms in total. The van der Waals surface area contributed by atoms with Gasteiger partial charge in [-0.05, 0) is 35.9 Å². The Morgan fingerprint density at radius 2 is 1.91 bits per heavy atom. The highest BCUT2D eigenvalue weighted by Crippen LogP contribution is 2.40. The molecular weight excluding hydrogens is 356 g/mol. The third-order valence-electron chi connectivity index (χ3n) is 4.09. The van der Waals surface area contributed by atoms with Gasteiger partial charge in [-0.25, -0.2) is 0 Å². The minimum Gasteiger partial charge on any atom is -0.497 e. The van der Waals surface area contributed by atoms with Gasteiger partial charge in [0.15, 0.2) is 0 Å². The summed E-state index contributed by atoms with van der Waals surface area (Å²) >= 11 is 3.54. The van der Waals surface area contributed by atoms with Crippen LogP contribution in [0.3, 0.4) is 0 Å². The minimum absolute atomic E-state index is 0.0560. The highest BCUT2D eigenvalue weighted by molar-refractivity contribution is 9.10. The van der Waals surface area contributed by atoms with Crippen LogP contribution >= 0.6 is 15.9 Å². The van der Waals surface area contributed by atoms with Crippen LogP contribution in [0, 0.1) is 0 Å². The van der Waals surface area contributed by atoms with Crippen molar-refractivity contribution in [2.75, 3.05) is 12.0 Å². The Kier molecular flexibility index (Phi) is 3.31. The highest BCUT2D eigenvalue weighted by atomic mass is 79.9. The fourth-order valence-corrected chi connectivity index (χ4v) is 3.40. The van der Waals surface area contributed by atoms with Gasteiger partial charge in [-0.2, -0.15) is 0 Å². The molecule has 0 saturated heterocycles. The van der Waals surface area contributed by atoms with Crippen molar-refractivity contribution in [3.63, 3.8) is 0 Å². The Morgan fingerprint density at radius 3 is 2.65 bits per heavy atom. The molecule has 4 rings (SSSR count). The maximum atomic E-state index is 12.7. The van der Waals surface area contributed by atoms with Crippen molar-refractivity contribution in [1.82, 2.24) is 4.98 Å². The van der Waals surface area contributed by atoms with Crippen molar-refractivity contribution < 1.29 is 9.53 Å². The number of amides is 1. The zero-order valence-corrected chi connectivity index (χ0v) is 14.0. The van der Waals surface area contributed by atoms with E-state index in [2.05, 4.69) is 20.9 Å². The molecule has 0 unspecified atom stereocenters. The molecule has 0 radical (unpaired) electrons. The van der Waals surface area contributed by atoms with E-state index in [1.54, 1.807) is 18.2 Å². The number of pyridine rings is 1. The molecule has 0 saturated carbocycles. The molecule has 0 atom stereocenters. The number of hydrogen-bond donors (Lipinski definition) is 0. The van der Waals surface area contributed by atoms with E-state index < -0.39 is 0 Å². The summed E-state index contributed by atoms with van der Waals surface area (Å²) in [6.07, 6.45) is 1.68. The molecular formula is C18H13BrN2O2. The molecule has 0 bridgehead atoms. The molecule has 5 heteroatoms. The van der Waals surface area contributed by atoms with Crippen LogP contribution in [0.4, 0.5) is 5.69 Å². The van der Waals surface area contributed by atoms with Crippen LogP contribution in [0.15, 0.2) is 53.1 Å². The molecule has 114 valence electrons. The SMILES string of the molecule is COc1ccc(CN2C(=O)c3nccc4c(Br)ccc2c34)cc1. The molecule has 0 N–H and O–H groups in total. The normalized spacial score (nSPS) is 13.0. The first-order chi connectivity index (χ1) is 11.2. The summed E-state index contributed by atoms with van der Waals surface area (Å²) < 4.78 is 6.15. The van der Waals surface area contributed by atoms with E-state index in [1.807, 2.05) is 42.5 Å².